The molecule has 1 heterocycles. The van der Waals surface area contributed by atoms with E-state index in [9.17, 15) is 8.42 Å². The van der Waals surface area contributed by atoms with Crippen LogP contribution in [0.3, 0.4) is 0 Å². The SMILES string of the molecule is Cc1oc(-c2ccccc2)nc1CS(=O)(=O)c1ccc(Cl)cc1. The van der Waals surface area contributed by atoms with E-state index in [1.54, 1.807) is 19.1 Å². The monoisotopic (exact) mass is 347 g/mol. The normalized spacial score (nSPS) is 11.6. The first-order valence-electron chi connectivity index (χ1n) is 6.96. The van der Waals surface area contributed by atoms with E-state index in [1.807, 2.05) is 30.3 Å². The van der Waals surface area contributed by atoms with E-state index in [-0.39, 0.29) is 10.6 Å². The molecule has 0 atom stereocenters. The van der Waals surface area contributed by atoms with Crippen LogP contribution in [-0.2, 0) is 15.6 Å². The summed E-state index contributed by atoms with van der Waals surface area (Å²) in [5.74, 6) is 0.711. The van der Waals surface area contributed by atoms with Gasteiger partial charge < -0.3 is 4.42 Å². The average Bonchev–Trinajstić information content (AvgIpc) is 2.89. The van der Waals surface area contributed by atoms with Crippen molar-refractivity contribution in [3.05, 3.63) is 71.1 Å². The number of hydrogen-bond donors (Lipinski definition) is 0. The summed E-state index contributed by atoms with van der Waals surface area (Å²) < 4.78 is 30.6. The molecule has 6 heteroatoms. The number of benzene rings is 2. The van der Waals surface area contributed by atoms with E-state index in [1.165, 1.54) is 12.1 Å². The summed E-state index contributed by atoms with van der Waals surface area (Å²) in [6.07, 6.45) is 0. The Morgan fingerprint density at radius 3 is 2.35 bits per heavy atom. The molecule has 118 valence electrons. The van der Waals surface area contributed by atoms with Gasteiger partial charge in [0.1, 0.15) is 11.5 Å². The maximum Gasteiger partial charge on any atom is 0.226 e. The molecule has 1 aromatic heterocycles. The number of aromatic nitrogens is 1. The van der Waals surface area contributed by atoms with Crippen molar-refractivity contribution in [3.63, 3.8) is 0 Å². The van der Waals surface area contributed by atoms with Crippen molar-refractivity contribution in [2.45, 2.75) is 17.6 Å². The van der Waals surface area contributed by atoms with Crippen molar-refractivity contribution >= 4 is 21.4 Å². The fourth-order valence-corrected chi connectivity index (χ4v) is 3.64. The maximum absolute atomic E-state index is 12.5. The molecule has 0 saturated heterocycles. The van der Waals surface area contributed by atoms with Gasteiger partial charge in [-0.2, -0.15) is 0 Å². The second-order valence-corrected chi connectivity index (χ2v) is 7.53. The number of halogens is 1. The van der Waals surface area contributed by atoms with Gasteiger partial charge in [-0.05, 0) is 43.3 Å². The molecule has 0 unspecified atom stereocenters. The van der Waals surface area contributed by atoms with Gasteiger partial charge in [-0.3, -0.25) is 0 Å². The molecule has 0 fully saturated rings. The molecule has 0 bridgehead atoms. The molecule has 0 spiro atoms. The lowest BCUT2D eigenvalue weighted by Crippen LogP contribution is -2.06. The zero-order chi connectivity index (χ0) is 16.4. The van der Waals surface area contributed by atoms with E-state index in [4.69, 9.17) is 16.0 Å². The highest BCUT2D eigenvalue weighted by molar-refractivity contribution is 7.90. The highest BCUT2D eigenvalue weighted by Crippen LogP contribution is 2.25. The predicted octanol–water partition coefficient (Wildman–Crippen LogP) is 4.28. The number of rotatable bonds is 4. The molecular formula is C17H14ClNO3S. The zero-order valence-electron chi connectivity index (χ0n) is 12.4. The minimum atomic E-state index is -3.50. The van der Waals surface area contributed by atoms with E-state index >= 15 is 0 Å². The van der Waals surface area contributed by atoms with Gasteiger partial charge in [0.15, 0.2) is 9.84 Å². The Hall–Kier alpha value is -2.11. The van der Waals surface area contributed by atoms with Gasteiger partial charge in [0, 0.05) is 10.6 Å². The van der Waals surface area contributed by atoms with Crippen LogP contribution in [0.5, 0.6) is 0 Å². The Morgan fingerprint density at radius 2 is 1.70 bits per heavy atom. The van der Waals surface area contributed by atoms with Crippen molar-refractivity contribution in [2.75, 3.05) is 0 Å². The van der Waals surface area contributed by atoms with Crippen LogP contribution in [0, 0.1) is 6.92 Å². The molecule has 3 aromatic rings. The number of oxazole rings is 1. The molecule has 2 aromatic carbocycles. The Bertz CT molecular complexity index is 916. The van der Waals surface area contributed by atoms with Crippen molar-refractivity contribution in [3.8, 4) is 11.5 Å². The largest absolute Gasteiger partial charge is 0.441 e. The van der Waals surface area contributed by atoms with Crippen LogP contribution in [0.1, 0.15) is 11.5 Å². The quantitative estimate of drug-likeness (QED) is 0.706. The van der Waals surface area contributed by atoms with Crippen LogP contribution in [-0.4, -0.2) is 13.4 Å². The smallest absolute Gasteiger partial charge is 0.226 e. The lowest BCUT2D eigenvalue weighted by molar-refractivity contribution is 0.539. The molecule has 4 nitrogen and oxygen atoms in total. The molecule has 0 N–H and O–H groups in total. The van der Waals surface area contributed by atoms with E-state index in [0.717, 1.165) is 5.56 Å². The second-order valence-electron chi connectivity index (χ2n) is 5.10. The third-order valence-electron chi connectivity index (χ3n) is 3.41. The average molecular weight is 348 g/mol. The van der Waals surface area contributed by atoms with E-state index in [0.29, 0.717) is 22.4 Å². The summed E-state index contributed by atoms with van der Waals surface area (Å²) in [5.41, 5.74) is 1.23. The number of nitrogens with zero attached hydrogens (tertiary/aromatic N) is 1. The molecule has 0 radical (unpaired) electrons. The number of sulfone groups is 1. The minimum Gasteiger partial charge on any atom is -0.441 e. The predicted molar refractivity (Wildman–Crippen MR) is 89.0 cm³/mol. The van der Waals surface area contributed by atoms with Crippen molar-refractivity contribution in [1.29, 1.82) is 0 Å². The van der Waals surface area contributed by atoms with Crippen LogP contribution in [0.25, 0.3) is 11.5 Å². The van der Waals surface area contributed by atoms with Gasteiger partial charge in [0.25, 0.3) is 0 Å². The zero-order valence-corrected chi connectivity index (χ0v) is 13.9. The minimum absolute atomic E-state index is 0.212. The first-order valence-corrected chi connectivity index (χ1v) is 8.99. The Balaban J connectivity index is 1.91. The van der Waals surface area contributed by atoms with Gasteiger partial charge in [0.05, 0.1) is 10.6 Å². The van der Waals surface area contributed by atoms with Gasteiger partial charge in [-0.1, -0.05) is 29.8 Å². The Kier molecular flexibility index (Phi) is 4.24. The fourth-order valence-electron chi connectivity index (χ4n) is 2.17. The Morgan fingerprint density at radius 1 is 1.04 bits per heavy atom. The van der Waals surface area contributed by atoms with Crippen molar-refractivity contribution < 1.29 is 12.8 Å². The third-order valence-corrected chi connectivity index (χ3v) is 5.31. The summed E-state index contributed by atoms with van der Waals surface area (Å²) in [5, 5.41) is 0.493. The molecule has 0 aliphatic rings. The number of hydrogen-bond acceptors (Lipinski definition) is 4. The van der Waals surface area contributed by atoms with Gasteiger partial charge >= 0.3 is 0 Å². The van der Waals surface area contributed by atoms with Crippen LogP contribution in [0.2, 0.25) is 5.02 Å². The van der Waals surface area contributed by atoms with E-state index < -0.39 is 9.84 Å². The molecule has 0 aliphatic heterocycles. The van der Waals surface area contributed by atoms with Crippen molar-refractivity contribution in [2.24, 2.45) is 0 Å². The summed E-state index contributed by atoms with van der Waals surface area (Å²) in [7, 11) is -3.50. The summed E-state index contributed by atoms with van der Waals surface area (Å²) in [6, 6.07) is 15.5. The van der Waals surface area contributed by atoms with Crippen molar-refractivity contribution in [1.82, 2.24) is 4.98 Å². The topological polar surface area (TPSA) is 60.2 Å². The first-order chi connectivity index (χ1) is 11.0. The van der Waals surface area contributed by atoms with Crippen LogP contribution in [0.15, 0.2) is 63.9 Å². The van der Waals surface area contributed by atoms with Gasteiger partial charge in [-0.25, -0.2) is 13.4 Å². The molecule has 23 heavy (non-hydrogen) atoms. The first kappa shape index (κ1) is 15.8. The molecule has 0 amide bonds. The second kappa shape index (κ2) is 6.18. The van der Waals surface area contributed by atoms with Crippen LogP contribution in [0.4, 0.5) is 0 Å². The maximum atomic E-state index is 12.5. The highest BCUT2D eigenvalue weighted by Gasteiger charge is 2.21. The van der Waals surface area contributed by atoms with Gasteiger partial charge in [-0.15, -0.1) is 0 Å². The Labute approximate surface area is 139 Å². The molecule has 3 rings (SSSR count). The third kappa shape index (κ3) is 3.46. The lowest BCUT2D eigenvalue weighted by atomic mass is 10.2. The molecule has 0 saturated carbocycles. The highest BCUT2D eigenvalue weighted by atomic mass is 35.5. The van der Waals surface area contributed by atoms with Crippen LogP contribution < -0.4 is 0 Å². The van der Waals surface area contributed by atoms with E-state index in [2.05, 4.69) is 4.98 Å². The van der Waals surface area contributed by atoms with Gasteiger partial charge in [0.2, 0.25) is 5.89 Å². The lowest BCUT2D eigenvalue weighted by Gasteiger charge is -2.02. The molecular weight excluding hydrogens is 334 g/mol. The summed E-state index contributed by atoms with van der Waals surface area (Å²) >= 11 is 5.80. The molecule has 0 aliphatic carbocycles. The standard InChI is InChI=1S/C17H14ClNO3S/c1-12-16(19-17(22-12)13-5-3-2-4-6-13)11-23(20,21)15-9-7-14(18)8-10-15/h2-10H,11H2,1H3. The van der Waals surface area contributed by atoms with Crippen LogP contribution >= 0.6 is 11.6 Å². The summed E-state index contributed by atoms with van der Waals surface area (Å²) in [4.78, 5) is 4.55. The summed E-state index contributed by atoms with van der Waals surface area (Å²) in [6.45, 7) is 1.71. The number of aryl methyl sites for hydroxylation is 1. The fraction of sp³-hybridized carbons (Fsp3) is 0.118.